The van der Waals surface area contributed by atoms with Gasteiger partial charge in [0.25, 0.3) is 10.0 Å². The molecule has 1 saturated heterocycles. The van der Waals surface area contributed by atoms with Gasteiger partial charge in [-0.05, 0) is 55.7 Å². The van der Waals surface area contributed by atoms with E-state index in [9.17, 15) is 13.2 Å². The molecule has 0 radical (unpaired) electrons. The number of para-hydroxylation sites is 1. The Kier molecular flexibility index (Phi) is 7.77. The Morgan fingerprint density at radius 2 is 1.97 bits per heavy atom. The highest BCUT2D eigenvalue weighted by Gasteiger charge is 2.35. The first-order chi connectivity index (χ1) is 17.9. The van der Waals surface area contributed by atoms with Crippen LogP contribution in [0.2, 0.25) is 4.34 Å². The van der Waals surface area contributed by atoms with Crippen LogP contribution >= 0.6 is 34.3 Å². The summed E-state index contributed by atoms with van der Waals surface area (Å²) in [7, 11) is -3.63. The van der Waals surface area contributed by atoms with Crippen molar-refractivity contribution >= 4 is 65.6 Å². The zero-order valence-electron chi connectivity index (χ0n) is 20.0. The number of aromatic nitrogens is 2. The van der Waals surface area contributed by atoms with Gasteiger partial charge in [-0.15, -0.1) is 11.3 Å². The van der Waals surface area contributed by atoms with Crippen molar-refractivity contribution in [3.8, 4) is 5.75 Å². The lowest BCUT2D eigenvalue weighted by Crippen LogP contribution is -2.44. The fourth-order valence-electron chi connectivity index (χ4n) is 4.34. The zero-order chi connectivity index (χ0) is 26.0. The van der Waals surface area contributed by atoms with Crippen molar-refractivity contribution < 1.29 is 17.9 Å². The molecule has 1 aliphatic rings. The number of hydrogen-bond acceptors (Lipinski definition) is 8. The average Bonchev–Trinajstić information content (AvgIpc) is 3.55. The van der Waals surface area contributed by atoms with Crippen LogP contribution in [0.25, 0.3) is 10.2 Å². The summed E-state index contributed by atoms with van der Waals surface area (Å²) in [5, 5.41) is 0.583. The number of nitrogens with zero attached hydrogens (tertiary/aromatic N) is 4. The van der Waals surface area contributed by atoms with Crippen LogP contribution < -0.4 is 9.64 Å². The van der Waals surface area contributed by atoms with Gasteiger partial charge in [-0.3, -0.25) is 14.7 Å². The molecule has 1 aromatic carbocycles. The largest absolute Gasteiger partial charge is 0.492 e. The van der Waals surface area contributed by atoms with E-state index in [-0.39, 0.29) is 29.1 Å². The van der Waals surface area contributed by atoms with Crippen molar-refractivity contribution in [1.82, 2.24) is 14.3 Å². The van der Waals surface area contributed by atoms with Gasteiger partial charge in [0.15, 0.2) is 5.13 Å². The van der Waals surface area contributed by atoms with Crippen molar-refractivity contribution in [2.24, 2.45) is 5.92 Å². The highest BCUT2D eigenvalue weighted by molar-refractivity contribution is 7.91. The van der Waals surface area contributed by atoms with Crippen molar-refractivity contribution in [3.63, 3.8) is 0 Å². The van der Waals surface area contributed by atoms with Gasteiger partial charge in [0.1, 0.15) is 15.5 Å². The van der Waals surface area contributed by atoms with Crippen molar-refractivity contribution in [2.75, 3.05) is 24.6 Å². The molecule has 4 heterocycles. The first-order valence-corrected chi connectivity index (χ1v) is 15.3. The monoisotopic (exact) mass is 576 g/mol. The Bertz CT molecular complexity index is 1500. The summed E-state index contributed by atoms with van der Waals surface area (Å²) in [5.74, 6) is 0.286. The van der Waals surface area contributed by atoms with E-state index in [2.05, 4.69) is 4.98 Å². The van der Waals surface area contributed by atoms with Gasteiger partial charge in [0.2, 0.25) is 5.91 Å². The number of pyridine rings is 1. The minimum absolute atomic E-state index is 0.0721. The number of thiazole rings is 1. The lowest BCUT2D eigenvalue weighted by molar-refractivity contribution is -0.123. The number of carbonyl (C=O) groups excluding carboxylic acids is 1. The van der Waals surface area contributed by atoms with Gasteiger partial charge in [-0.1, -0.05) is 35.1 Å². The maximum absolute atomic E-state index is 13.9. The fraction of sp³-hybridized carbons (Fsp3) is 0.320. The van der Waals surface area contributed by atoms with Crippen molar-refractivity contribution in [1.29, 1.82) is 0 Å². The van der Waals surface area contributed by atoms with E-state index >= 15 is 0 Å². The topological polar surface area (TPSA) is 92.7 Å². The molecule has 0 N–H and O–H groups in total. The van der Waals surface area contributed by atoms with Crippen LogP contribution in [0.1, 0.15) is 25.3 Å². The number of anilines is 1. The number of benzene rings is 1. The molecule has 0 saturated carbocycles. The third kappa shape index (κ3) is 5.51. The Morgan fingerprint density at radius 3 is 2.65 bits per heavy atom. The van der Waals surface area contributed by atoms with E-state index in [1.165, 1.54) is 21.7 Å². The summed E-state index contributed by atoms with van der Waals surface area (Å²) in [6.07, 6.45) is 4.28. The number of ether oxygens (including phenoxy) is 1. The molecule has 1 aliphatic heterocycles. The maximum Gasteiger partial charge on any atom is 0.252 e. The maximum atomic E-state index is 13.9. The van der Waals surface area contributed by atoms with Crippen LogP contribution in [0, 0.1) is 5.92 Å². The predicted octanol–water partition coefficient (Wildman–Crippen LogP) is 5.44. The molecule has 4 aromatic rings. The number of halogens is 1. The number of thiophene rings is 1. The molecule has 194 valence electrons. The number of amides is 1. The normalized spacial score (nSPS) is 15.2. The molecule has 5 rings (SSSR count). The number of sulfonamides is 1. The highest BCUT2D eigenvalue weighted by atomic mass is 35.5. The molecule has 0 bridgehead atoms. The zero-order valence-corrected chi connectivity index (χ0v) is 23.2. The third-order valence-electron chi connectivity index (χ3n) is 6.18. The van der Waals surface area contributed by atoms with E-state index in [4.69, 9.17) is 21.3 Å². The number of hydrogen-bond donors (Lipinski definition) is 0. The van der Waals surface area contributed by atoms with E-state index < -0.39 is 10.0 Å². The number of fused-ring (bicyclic) bond motifs is 1. The minimum Gasteiger partial charge on any atom is -0.492 e. The van der Waals surface area contributed by atoms with Gasteiger partial charge in [0.05, 0.1) is 22.2 Å². The van der Waals surface area contributed by atoms with Gasteiger partial charge in [0, 0.05) is 31.4 Å². The van der Waals surface area contributed by atoms with Crippen LogP contribution in [0.5, 0.6) is 5.75 Å². The molecule has 0 atom stereocenters. The second-order valence-electron chi connectivity index (χ2n) is 8.55. The quantitative estimate of drug-likeness (QED) is 0.277. The molecule has 12 heteroatoms. The second kappa shape index (κ2) is 11.0. The van der Waals surface area contributed by atoms with Crippen molar-refractivity contribution in [2.45, 2.75) is 30.5 Å². The summed E-state index contributed by atoms with van der Waals surface area (Å²) in [5.41, 5.74) is 1.61. The Balaban J connectivity index is 1.39. The average molecular weight is 577 g/mol. The van der Waals surface area contributed by atoms with E-state index in [0.717, 1.165) is 27.1 Å². The van der Waals surface area contributed by atoms with E-state index in [1.807, 2.05) is 37.3 Å². The lowest BCUT2D eigenvalue weighted by atomic mass is 9.96. The number of carbonyl (C=O) groups is 1. The standard InChI is InChI=1S/C25H25ClN4O4S3/c1-2-34-19-6-3-7-20-23(19)28-25(35-20)30(16-17-5-4-12-27-15-17)24(31)18-10-13-29(14-11-18)37(32,33)22-9-8-21(26)36-22/h3-9,12,15,18H,2,10-11,13-14,16H2,1H3. The molecule has 0 unspecified atom stereocenters. The molecule has 3 aromatic heterocycles. The molecule has 0 aliphatic carbocycles. The summed E-state index contributed by atoms with van der Waals surface area (Å²) in [6, 6.07) is 12.6. The molecule has 8 nitrogen and oxygen atoms in total. The Morgan fingerprint density at radius 1 is 1.16 bits per heavy atom. The molecular formula is C25H25ClN4O4S3. The molecule has 1 amide bonds. The predicted molar refractivity (Wildman–Crippen MR) is 147 cm³/mol. The SMILES string of the molecule is CCOc1cccc2sc(N(Cc3cccnc3)C(=O)C3CCN(S(=O)(=O)c4ccc(Cl)s4)CC3)nc12. The third-order valence-corrected chi connectivity index (χ3v) is 10.8. The number of piperidine rings is 1. The van der Waals surface area contributed by atoms with Gasteiger partial charge in [-0.25, -0.2) is 13.4 Å². The summed E-state index contributed by atoms with van der Waals surface area (Å²) < 4.78 is 34.8. The van der Waals surface area contributed by atoms with Crippen LogP contribution in [0.3, 0.4) is 0 Å². The summed E-state index contributed by atoms with van der Waals surface area (Å²) >= 11 is 8.43. The fourth-order valence-corrected chi connectivity index (χ4v) is 8.43. The second-order valence-corrected chi connectivity index (χ2v) is 13.4. The number of rotatable bonds is 8. The molecule has 1 fully saturated rings. The van der Waals surface area contributed by atoms with Crippen LogP contribution in [0.4, 0.5) is 5.13 Å². The Labute approximate surface area is 228 Å². The molecular weight excluding hydrogens is 552 g/mol. The first kappa shape index (κ1) is 26.1. The molecule has 37 heavy (non-hydrogen) atoms. The minimum atomic E-state index is -3.63. The van der Waals surface area contributed by atoms with Crippen LogP contribution in [0.15, 0.2) is 59.1 Å². The van der Waals surface area contributed by atoms with E-state index in [1.54, 1.807) is 23.4 Å². The summed E-state index contributed by atoms with van der Waals surface area (Å²) in [4.78, 5) is 24.6. The van der Waals surface area contributed by atoms with Crippen LogP contribution in [-0.2, 0) is 21.4 Å². The summed E-state index contributed by atoms with van der Waals surface area (Å²) in [6.45, 7) is 3.29. The highest BCUT2D eigenvalue weighted by Crippen LogP contribution is 2.37. The van der Waals surface area contributed by atoms with Gasteiger partial charge < -0.3 is 4.74 Å². The lowest BCUT2D eigenvalue weighted by Gasteiger charge is -2.32. The Hall–Kier alpha value is -2.57. The van der Waals surface area contributed by atoms with Gasteiger partial charge >= 0.3 is 0 Å². The smallest absolute Gasteiger partial charge is 0.252 e. The van der Waals surface area contributed by atoms with E-state index in [0.29, 0.717) is 41.2 Å². The van der Waals surface area contributed by atoms with Crippen molar-refractivity contribution in [3.05, 3.63) is 64.8 Å². The molecule has 0 spiro atoms. The van der Waals surface area contributed by atoms with Gasteiger partial charge in [-0.2, -0.15) is 4.31 Å². The first-order valence-electron chi connectivity index (χ1n) is 11.8. The van der Waals surface area contributed by atoms with Crippen LogP contribution in [-0.4, -0.2) is 48.3 Å².